The molecule has 2 aromatic carbocycles. The maximum absolute atomic E-state index is 12.8. The Labute approximate surface area is 186 Å². The van der Waals surface area contributed by atoms with Crippen molar-refractivity contribution in [2.24, 2.45) is 0 Å². The Morgan fingerprint density at radius 2 is 2.00 bits per heavy atom. The minimum Gasteiger partial charge on any atom is -0.491 e. The normalized spacial score (nSPS) is 11.1. The first-order valence-electron chi connectivity index (χ1n) is 10.2. The zero-order valence-corrected chi connectivity index (χ0v) is 18.8. The van der Waals surface area contributed by atoms with Crippen molar-refractivity contribution in [3.63, 3.8) is 0 Å². The number of aromatic amines is 1. The van der Waals surface area contributed by atoms with Gasteiger partial charge in [0.05, 0.1) is 17.0 Å². The van der Waals surface area contributed by atoms with Crippen LogP contribution in [-0.4, -0.2) is 35.3 Å². The summed E-state index contributed by atoms with van der Waals surface area (Å²) >= 11 is 5.34. The molecule has 3 aromatic rings. The lowest BCUT2D eigenvalue weighted by atomic mass is 10.1. The van der Waals surface area contributed by atoms with Crippen LogP contribution in [-0.2, 0) is 17.8 Å². The van der Waals surface area contributed by atoms with E-state index in [0.29, 0.717) is 47.4 Å². The molecule has 0 aliphatic carbocycles. The van der Waals surface area contributed by atoms with Gasteiger partial charge in [0.15, 0.2) is 4.77 Å². The van der Waals surface area contributed by atoms with Gasteiger partial charge in [-0.15, -0.1) is 0 Å². The van der Waals surface area contributed by atoms with Gasteiger partial charge in [-0.2, -0.15) is 0 Å². The zero-order chi connectivity index (χ0) is 22.4. The molecule has 1 amide bonds. The maximum atomic E-state index is 12.8. The van der Waals surface area contributed by atoms with Crippen LogP contribution >= 0.6 is 12.2 Å². The number of hydrogen-bond donors (Lipinski definition) is 2. The second-order valence-corrected chi connectivity index (χ2v) is 7.84. The molecule has 0 radical (unpaired) electrons. The number of hydrogen-bond acceptors (Lipinski definition) is 5. The van der Waals surface area contributed by atoms with Crippen molar-refractivity contribution in [2.75, 3.05) is 13.7 Å². The molecule has 0 bridgehead atoms. The van der Waals surface area contributed by atoms with Crippen molar-refractivity contribution < 1.29 is 14.3 Å². The Morgan fingerprint density at radius 3 is 2.74 bits per heavy atom. The lowest BCUT2D eigenvalue weighted by Crippen LogP contribution is -2.25. The topological polar surface area (TPSA) is 85.3 Å². The highest BCUT2D eigenvalue weighted by Gasteiger charge is 2.12. The molecule has 3 rings (SSSR count). The highest BCUT2D eigenvalue weighted by molar-refractivity contribution is 7.71. The number of nitrogens with zero attached hydrogens (tertiary/aromatic N) is 1. The number of methoxy groups -OCH3 is 1. The number of carbonyl (C=O) groups excluding carboxylic acids is 1. The fraction of sp³-hybridized carbons (Fsp3) is 0.348. The second kappa shape index (κ2) is 10.4. The van der Waals surface area contributed by atoms with Crippen LogP contribution in [0.3, 0.4) is 0 Å². The first kappa shape index (κ1) is 22.7. The number of fused-ring (bicyclic) bond motifs is 1. The molecule has 31 heavy (non-hydrogen) atoms. The van der Waals surface area contributed by atoms with Crippen LogP contribution in [0.15, 0.2) is 47.3 Å². The van der Waals surface area contributed by atoms with E-state index >= 15 is 0 Å². The van der Waals surface area contributed by atoms with Crippen molar-refractivity contribution in [2.45, 2.75) is 39.5 Å². The van der Waals surface area contributed by atoms with E-state index in [1.807, 2.05) is 38.1 Å². The predicted octanol–water partition coefficient (Wildman–Crippen LogP) is 3.81. The van der Waals surface area contributed by atoms with Crippen molar-refractivity contribution >= 4 is 29.0 Å². The Morgan fingerprint density at radius 1 is 1.23 bits per heavy atom. The van der Waals surface area contributed by atoms with E-state index in [1.165, 1.54) is 4.57 Å². The number of ether oxygens (including phenoxy) is 2. The van der Waals surface area contributed by atoms with Crippen LogP contribution in [0.4, 0.5) is 0 Å². The average Bonchev–Trinajstić information content (AvgIpc) is 2.74. The minimum absolute atomic E-state index is 0.0408. The number of H-pyrrole nitrogens is 1. The van der Waals surface area contributed by atoms with E-state index in [1.54, 1.807) is 25.3 Å². The van der Waals surface area contributed by atoms with Gasteiger partial charge in [-0.3, -0.25) is 14.2 Å². The molecule has 1 heterocycles. The summed E-state index contributed by atoms with van der Waals surface area (Å²) < 4.78 is 12.7. The summed E-state index contributed by atoms with van der Waals surface area (Å²) in [7, 11) is 1.62. The Balaban J connectivity index is 1.79. The van der Waals surface area contributed by atoms with Crippen molar-refractivity contribution in [1.29, 1.82) is 0 Å². The van der Waals surface area contributed by atoms with Crippen LogP contribution in [0.1, 0.15) is 36.2 Å². The highest BCUT2D eigenvalue weighted by atomic mass is 32.1. The molecule has 1 aromatic heterocycles. The van der Waals surface area contributed by atoms with E-state index in [9.17, 15) is 9.59 Å². The molecule has 8 heteroatoms. The standard InChI is InChI=1S/C23H27N3O4S/c1-15(2)30-20-8-5-4-7-17(20)14-24-21(27)16-9-10-18-19(13-16)25-23(31)26(22(18)28)11-6-12-29-3/h4-5,7-10,13,15H,6,11-12,14H2,1-3H3,(H,24,27)(H,25,31). The van der Waals surface area contributed by atoms with E-state index in [0.717, 1.165) is 11.3 Å². The third-order valence-electron chi connectivity index (χ3n) is 4.75. The van der Waals surface area contributed by atoms with Crippen LogP contribution in [0, 0.1) is 4.77 Å². The predicted molar refractivity (Wildman–Crippen MR) is 123 cm³/mol. The van der Waals surface area contributed by atoms with E-state index in [2.05, 4.69) is 10.3 Å². The van der Waals surface area contributed by atoms with E-state index in [-0.39, 0.29) is 17.6 Å². The molecule has 2 N–H and O–H groups in total. The molecular formula is C23H27N3O4S. The molecule has 0 fully saturated rings. The van der Waals surface area contributed by atoms with Gasteiger partial charge in [0, 0.05) is 37.9 Å². The monoisotopic (exact) mass is 441 g/mol. The number of benzene rings is 2. The van der Waals surface area contributed by atoms with Gasteiger partial charge in [0.1, 0.15) is 5.75 Å². The third kappa shape index (κ3) is 5.59. The molecule has 0 atom stereocenters. The summed E-state index contributed by atoms with van der Waals surface area (Å²) in [5.74, 6) is 0.499. The molecule has 164 valence electrons. The van der Waals surface area contributed by atoms with Crippen LogP contribution in [0.5, 0.6) is 5.75 Å². The molecule has 0 saturated carbocycles. The van der Waals surface area contributed by atoms with Crippen molar-refractivity contribution in [3.8, 4) is 5.75 Å². The Hall–Kier alpha value is -2.97. The third-order valence-corrected chi connectivity index (χ3v) is 5.07. The first-order valence-corrected chi connectivity index (χ1v) is 10.6. The minimum atomic E-state index is -0.246. The molecule has 7 nitrogen and oxygen atoms in total. The number of para-hydroxylation sites is 1. The second-order valence-electron chi connectivity index (χ2n) is 7.45. The smallest absolute Gasteiger partial charge is 0.262 e. The van der Waals surface area contributed by atoms with Crippen LogP contribution in [0.2, 0.25) is 0 Å². The number of rotatable bonds is 9. The molecular weight excluding hydrogens is 414 g/mol. The molecule has 0 unspecified atom stereocenters. The fourth-order valence-corrected chi connectivity index (χ4v) is 3.55. The van der Waals surface area contributed by atoms with Crippen molar-refractivity contribution in [3.05, 3.63) is 68.7 Å². The maximum Gasteiger partial charge on any atom is 0.262 e. The average molecular weight is 442 g/mol. The van der Waals surface area contributed by atoms with Gasteiger partial charge >= 0.3 is 0 Å². The Bertz CT molecular complexity index is 1180. The summed E-state index contributed by atoms with van der Waals surface area (Å²) in [4.78, 5) is 28.6. The van der Waals surface area contributed by atoms with E-state index in [4.69, 9.17) is 21.7 Å². The van der Waals surface area contributed by atoms with Gasteiger partial charge in [-0.05, 0) is 56.8 Å². The first-order chi connectivity index (χ1) is 14.9. The molecule has 0 saturated heterocycles. The summed E-state index contributed by atoms with van der Waals surface area (Å²) in [6, 6.07) is 12.6. The number of carbonyl (C=O) groups is 1. The molecule has 0 aliphatic heterocycles. The highest BCUT2D eigenvalue weighted by Crippen LogP contribution is 2.19. The summed E-state index contributed by atoms with van der Waals surface area (Å²) in [5.41, 5.74) is 1.69. The van der Waals surface area contributed by atoms with Crippen molar-refractivity contribution in [1.82, 2.24) is 14.9 Å². The lowest BCUT2D eigenvalue weighted by Gasteiger charge is -2.14. The number of aromatic nitrogens is 2. The Kier molecular flexibility index (Phi) is 7.59. The van der Waals surface area contributed by atoms with Gasteiger partial charge in [-0.1, -0.05) is 18.2 Å². The lowest BCUT2D eigenvalue weighted by molar-refractivity contribution is 0.0950. The fourth-order valence-electron chi connectivity index (χ4n) is 3.26. The SMILES string of the molecule is COCCCn1c(=S)[nH]c2cc(C(=O)NCc3ccccc3OC(C)C)ccc2c1=O. The summed E-state index contributed by atoms with van der Waals surface area (Å²) in [6.07, 6.45) is 0.723. The van der Waals surface area contributed by atoms with Crippen LogP contribution < -0.4 is 15.6 Å². The number of nitrogens with one attached hydrogen (secondary N) is 2. The van der Waals surface area contributed by atoms with Gasteiger partial charge < -0.3 is 19.8 Å². The van der Waals surface area contributed by atoms with E-state index < -0.39 is 0 Å². The van der Waals surface area contributed by atoms with Crippen LogP contribution in [0.25, 0.3) is 10.9 Å². The molecule has 0 aliphatic rings. The van der Waals surface area contributed by atoms with Gasteiger partial charge in [0.2, 0.25) is 0 Å². The van der Waals surface area contributed by atoms with Gasteiger partial charge in [0.25, 0.3) is 11.5 Å². The largest absolute Gasteiger partial charge is 0.491 e. The quantitative estimate of drug-likeness (QED) is 0.390. The zero-order valence-electron chi connectivity index (χ0n) is 17.9. The molecule has 0 spiro atoms. The van der Waals surface area contributed by atoms with Gasteiger partial charge in [-0.25, -0.2) is 0 Å². The number of amides is 1. The summed E-state index contributed by atoms with van der Waals surface area (Å²) in [6.45, 7) is 5.26. The summed E-state index contributed by atoms with van der Waals surface area (Å²) in [5, 5.41) is 3.40.